The van der Waals surface area contributed by atoms with Gasteiger partial charge in [0.15, 0.2) is 0 Å². The third kappa shape index (κ3) is 4560. The van der Waals surface area contributed by atoms with Crippen molar-refractivity contribution in [3.8, 4) is 0 Å². The summed E-state index contributed by atoms with van der Waals surface area (Å²) in [5.74, 6) is 0. The van der Waals surface area contributed by atoms with Crippen LogP contribution in [-0.2, 0) is 0 Å². The molecule has 90 valence electrons. The van der Waals surface area contributed by atoms with Crippen molar-refractivity contribution in [3.63, 3.8) is 0 Å². The molecular weight excluding hydrogens is 532 g/mol. The van der Waals surface area contributed by atoms with Crippen molar-refractivity contribution < 1.29 is 74.5 Å². The van der Waals surface area contributed by atoms with Crippen LogP contribution < -0.4 is 44.4 Å². The quantitative estimate of drug-likeness (QED) is 0.221. The third-order valence-electron chi connectivity index (χ3n) is 0. The van der Waals surface area contributed by atoms with Crippen molar-refractivity contribution >= 4 is 44.7 Å². The van der Waals surface area contributed by atoms with Crippen LogP contribution in [0.4, 0.5) is 14.4 Å². The van der Waals surface area contributed by atoms with Crippen molar-refractivity contribution in [2.75, 3.05) is 0 Å². The molecule has 4 N–H and O–H groups in total. The van der Waals surface area contributed by atoms with Gasteiger partial charge >= 0.3 is 32.4 Å². The second kappa shape index (κ2) is 29.2. The van der Waals surface area contributed by atoms with Crippen LogP contribution in [0.5, 0.6) is 0 Å². The summed E-state index contributed by atoms with van der Waals surface area (Å²) in [5, 5.41) is 47.3. The third-order valence-corrected chi connectivity index (χ3v) is 0. The zero-order valence-corrected chi connectivity index (χ0v) is 12.7. The van der Waals surface area contributed by atoms with Crippen molar-refractivity contribution in [2.45, 2.75) is 0 Å². The van der Waals surface area contributed by atoms with E-state index >= 15 is 0 Å². The molecule has 0 amide bonds. The molecule has 10 nitrogen and oxygen atoms in total. The standard InChI is InChI=1S/3CH2O3.Bi.H2I.H2O/c3*2-1(3)4;;;/h3*(H2,2,3,4);;2*1H2/q;;;+3;+1;/p-4. The number of halogens is 1. The molecule has 0 aliphatic heterocycles. The van der Waals surface area contributed by atoms with E-state index in [1.54, 1.807) is 0 Å². The fourth-order valence-electron chi connectivity index (χ4n) is 0. The van der Waals surface area contributed by atoms with Crippen LogP contribution in [-0.4, -0.2) is 60.4 Å². The maximum Gasteiger partial charge on any atom is 3.00 e. The van der Waals surface area contributed by atoms with E-state index in [0.717, 1.165) is 0 Å². The normalized spacial score (nSPS) is 4.80. The summed E-state index contributed by atoms with van der Waals surface area (Å²) in [4.78, 5) is 25.2. The maximum atomic E-state index is 8.56. The number of hydrogen-bond acceptors (Lipinski definition) is 7. The molecule has 12 heteroatoms. The first kappa shape index (κ1) is 36.7. The summed E-state index contributed by atoms with van der Waals surface area (Å²) < 4.78 is 0. The van der Waals surface area contributed by atoms with Crippen LogP contribution in [0.15, 0.2) is 0 Å². The van der Waals surface area contributed by atoms with Crippen LogP contribution in [0.1, 0.15) is 0 Å². The van der Waals surface area contributed by atoms with E-state index in [-0.39, 0.29) is 55.7 Å². The number of carboxylic acid groups (broad SMARTS) is 6. The predicted molar refractivity (Wildman–Crippen MR) is 33.6 cm³/mol. The summed E-state index contributed by atoms with van der Waals surface area (Å²) in [6, 6.07) is 0. The molecule has 0 saturated heterocycles. The van der Waals surface area contributed by atoms with Gasteiger partial charge in [-0.25, -0.2) is 4.79 Å². The molecule has 0 aromatic carbocycles. The zero-order chi connectivity index (χ0) is 10.7. The van der Waals surface area contributed by atoms with E-state index in [1.807, 2.05) is 0 Å². The van der Waals surface area contributed by atoms with Crippen molar-refractivity contribution in [3.05, 3.63) is 0 Å². The molecule has 2 radical (unpaired) electrons. The smallest absolute Gasteiger partial charge is 0.652 e. The molecule has 0 saturated carbocycles. The molecule has 0 bridgehead atoms. The van der Waals surface area contributed by atoms with Crippen LogP contribution >= 0.6 is 0 Å². The van der Waals surface area contributed by atoms with E-state index in [0.29, 0.717) is 0 Å². The van der Waals surface area contributed by atoms with Gasteiger partial charge in [0.1, 0.15) is 0 Å². The summed E-state index contributed by atoms with van der Waals surface area (Å²) in [5.41, 5.74) is 0. The predicted octanol–water partition coefficient (Wildman–Crippen LogP) is -9.41. The topological polar surface area (TPSA) is 215 Å². The van der Waals surface area contributed by atoms with Gasteiger partial charge in [0.25, 0.3) is 0 Å². The van der Waals surface area contributed by atoms with Gasteiger partial charge in [-0.05, 0) is 12.3 Å². The van der Waals surface area contributed by atoms with Gasteiger partial charge in [-0.15, -0.1) is 0 Å². The van der Waals surface area contributed by atoms with Gasteiger partial charge in [0.2, 0.25) is 24.0 Å². The summed E-state index contributed by atoms with van der Waals surface area (Å²) in [6.07, 6.45) is -6.50. The van der Waals surface area contributed by atoms with Gasteiger partial charge in [0.05, 0.1) is 0 Å². The molecule has 0 fully saturated rings. The first-order chi connectivity index (χ1) is 5.20. The first-order valence-electron chi connectivity index (χ1n) is 1.88. The average molecular weight is 538 g/mol. The average Bonchev–Trinajstić information content (AvgIpc) is 1.54. The largest absolute Gasteiger partial charge is 3.00 e. The van der Waals surface area contributed by atoms with Gasteiger partial charge in [-0.3, -0.25) is 0 Å². The van der Waals surface area contributed by atoms with Gasteiger partial charge in [0, 0.05) is 0 Å². The van der Waals surface area contributed by atoms with Crippen LogP contribution in [0.3, 0.4) is 0 Å². The molecule has 0 atom stereocenters. The second-order valence-electron chi connectivity index (χ2n) is 0.783. The molecule has 0 aromatic heterocycles. The molecule has 0 heterocycles. The second-order valence-corrected chi connectivity index (χ2v) is 0.783. The molecular formula is C3H6BiIO10. The van der Waals surface area contributed by atoms with Gasteiger partial charge in [-0.1, -0.05) is 0 Å². The van der Waals surface area contributed by atoms with E-state index < -0.39 is 18.5 Å². The molecule has 0 aliphatic rings. The minimum atomic E-state index is -2.33. The Morgan fingerprint density at radius 1 is 0.800 bits per heavy atom. The van der Waals surface area contributed by atoms with E-state index in [2.05, 4.69) is 0 Å². The Balaban J connectivity index is -0.0000000184. The summed E-state index contributed by atoms with van der Waals surface area (Å²) >= 11 is 0. The van der Waals surface area contributed by atoms with Crippen molar-refractivity contribution in [2.24, 2.45) is 0 Å². The molecule has 0 aliphatic carbocycles. The zero-order valence-electron chi connectivity index (χ0n) is 6.65. The Labute approximate surface area is 119 Å². The molecule has 0 aromatic rings. The van der Waals surface area contributed by atoms with Crippen LogP contribution in [0.2, 0.25) is 0 Å². The number of carbonyl (C=O) groups is 3. The fraction of sp³-hybridized carbons (Fsp3) is 0. The Hall–Kier alpha value is -0.617. The van der Waals surface area contributed by atoms with Crippen LogP contribution in [0, 0.1) is 0 Å². The minimum Gasteiger partial charge on any atom is -0.652 e. The SMILES string of the molecule is O.O=C(O)O.O=C([O-])[O-].O=C([O-])[O-].[Bi+3].[IH2+]. The Morgan fingerprint density at radius 2 is 0.800 bits per heavy atom. The first-order valence-corrected chi connectivity index (χ1v) is 1.88. The molecule has 15 heavy (non-hydrogen) atoms. The summed E-state index contributed by atoms with van der Waals surface area (Å²) in [7, 11) is 0. The Kier molecular flexibility index (Phi) is 71.4. The van der Waals surface area contributed by atoms with Crippen LogP contribution in [0.25, 0.3) is 0 Å². The monoisotopic (exact) mass is 538 g/mol. The fourth-order valence-corrected chi connectivity index (χ4v) is 0. The van der Waals surface area contributed by atoms with Gasteiger partial charge in [-0.2, -0.15) is 0 Å². The molecule has 0 spiro atoms. The van der Waals surface area contributed by atoms with E-state index in [1.165, 1.54) is 0 Å². The number of rotatable bonds is 0. The minimum absolute atomic E-state index is 0. The number of hydrogen-bond donors (Lipinski definition) is 2. The molecule has 0 rings (SSSR count). The van der Waals surface area contributed by atoms with Gasteiger partial charge < -0.3 is 45.7 Å². The maximum absolute atomic E-state index is 8.56. The van der Waals surface area contributed by atoms with E-state index in [9.17, 15) is 0 Å². The molecule has 0 unspecified atom stereocenters. The Bertz CT molecular complexity index is 118. The van der Waals surface area contributed by atoms with Crippen molar-refractivity contribution in [1.82, 2.24) is 0 Å². The van der Waals surface area contributed by atoms with Crippen molar-refractivity contribution in [1.29, 1.82) is 0 Å². The van der Waals surface area contributed by atoms with E-state index in [4.69, 9.17) is 45.0 Å². The Morgan fingerprint density at radius 3 is 0.800 bits per heavy atom. The number of carbonyl (C=O) groups excluding carboxylic acids is 2. The summed E-state index contributed by atoms with van der Waals surface area (Å²) in [6.45, 7) is 0.